The number of nitrogens with zero attached hydrogens (tertiary/aromatic N) is 4. The van der Waals surface area contributed by atoms with Crippen molar-refractivity contribution in [2.45, 2.75) is 134 Å². The third kappa shape index (κ3) is 28.5. The van der Waals surface area contributed by atoms with Gasteiger partial charge in [-0.05, 0) is 70.6 Å². The van der Waals surface area contributed by atoms with E-state index in [1.165, 1.54) is 0 Å². The van der Waals surface area contributed by atoms with E-state index in [2.05, 4.69) is 63.3 Å². The number of imidazole rings is 1. The van der Waals surface area contributed by atoms with Crippen molar-refractivity contribution in [1.29, 1.82) is 0 Å². The van der Waals surface area contributed by atoms with Gasteiger partial charge in [0.25, 0.3) is 5.91 Å². The number of anilines is 3. The van der Waals surface area contributed by atoms with Crippen LogP contribution in [-0.4, -0.2) is 230 Å². The Morgan fingerprint density at radius 2 is 1.15 bits per heavy atom. The normalized spacial score (nSPS) is 17.6. The van der Waals surface area contributed by atoms with Gasteiger partial charge in [0.15, 0.2) is 5.52 Å². The Bertz CT molecular complexity index is 2610. The van der Waals surface area contributed by atoms with Crippen LogP contribution < -0.4 is 47.1 Å². The van der Waals surface area contributed by atoms with Gasteiger partial charge < -0.3 is 84.2 Å². The Labute approximate surface area is 545 Å². The summed E-state index contributed by atoms with van der Waals surface area (Å²) < 4.78 is 54.0. The van der Waals surface area contributed by atoms with Crippen molar-refractivity contribution in [3.8, 4) is 0 Å². The summed E-state index contributed by atoms with van der Waals surface area (Å²) in [5, 5.41) is 35.2. The third-order valence-corrected chi connectivity index (χ3v) is 17.2. The predicted molar refractivity (Wildman–Crippen MR) is 346 cm³/mol. The monoisotopic (exact) mass is 1320 g/mol. The smallest absolute Gasteiger partial charge is 0.349 e. The molecule has 5 heterocycles. The van der Waals surface area contributed by atoms with Gasteiger partial charge in [0.1, 0.15) is 0 Å². The molecular formula is C62H102ClN12O15S+. The number of thioether (sulfide) groups is 1. The molecule has 0 bridgehead atoms. The quantitative estimate of drug-likeness (QED) is 0.0217. The fraction of sp³-hybridized carbons (Fsp3) is 0.742. The maximum Gasteiger partial charge on any atom is 0.349 e. The summed E-state index contributed by atoms with van der Waals surface area (Å²) in [5.41, 5.74) is 2.43. The van der Waals surface area contributed by atoms with Crippen molar-refractivity contribution in [3.05, 3.63) is 35.1 Å². The van der Waals surface area contributed by atoms with Crippen molar-refractivity contribution >= 4 is 81.6 Å². The van der Waals surface area contributed by atoms with Crippen LogP contribution in [0.15, 0.2) is 24.5 Å². The molecule has 1 unspecified atom stereocenters. The number of amides is 6. The van der Waals surface area contributed by atoms with Crippen molar-refractivity contribution in [2.75, 3.05) is 168 Å². The molecule has 2 aromatic heterocycles. The standard InChI is InChI=1S/C62H101ClN12O15S/c1-45(2)75-44-68-57-58(74-41-46(3)50(42-76)70-61(74)73-59(57)75)69-47-16-17-48(49(63)40-47)60(80)67-21-23-83-25-27-85-29-31-87-33-35-89-37-39-90-38-36-88-34-32-86-30-28-84-26-24-82-22-20-66-55(79)14-7-5-11-18-64-53(77)13-6-4-10-19-65-54(78)15-9-8-12-52-56-51(43-91-52)71-62(81)72-56/h16-17,40,44-46,50-52,56,76H,4-15,18-39,41-43H2,1-3H3,(H7,64,65,66,67,69,70,71,72,73,77,78,79,80,81)/p+1/t46?,50-,51+,52+,56+/m1/s1. The first-order valence-corrected chi connectivity index (χ1v) is 34.0. The van der Waals surface area contributed by atoms with E-state index < -0.39 is 0 Å². The molecular weight excluding hydrogens is 1220 g/mol. The average molecular weight is 1320 g/mol. The van der Waals surface area contributed by atoms with Crippen molar-refractivity contribution in [2.24, 2.45) is 5.92 Å². The molecule has 0 spiro atoms. The zero-order chi connectivity index (χ0) is 64.7. The second-order valence-corrected chi connectivity index (χ2v) is 24.5. The number of aliphatic hydroxyl groups excluding tert-OH is 1. The number of unbranched alkanes of at least 4 members (excludes halogenated alkanes) is 5. The topological polar surface area (TPSA) is 319 Å². The molecule has 0 radical (unpaired) electrons. The molecule has 0 saturated carbocycles. The van der Waals surface area contributed by atoms with Gasteiger partial charge in [-0.15, -0.1) is 0 Å². The molecule has 3 aromatic rings. The molecule has 29 heteroatoms. The number of hydrogen-bond acceptors (Lipinski definition) is 20. The van der Waals surface area contributed by atoms with Gasteiger partial charge in [0, 0.05) is 68.4 Å². The number of aromatic nitrogens is 4. The molecule has 27 nitrogen and oxygen atoms in total. The van der Waals surface area contributed by atoms with Crippen LogP contribution in [-0.2, 0) is 63.6 Å². The second-order valence-electron chi connectivity index (χ2n) is 22.8. The highest BCUT2D eigenvalue weighted by molar-refractivity contribution is 8.00. The molecule has 3 aliphatic rings. The van der Waals surface area contributed by atoms with Crippen LogP contribution in [0.2, 0.25) is 5.02 Å². The molecule has 2 fully saturated rings. The molecule has 0 aliphatic carbocycles. The van der Waals surface area contributed by atoms with E-state index in [1.807, 2.05) is 20.9 Å². The first kappa shape index (κ1) is 74.8. The van der Waals surface area contributed by atoms with Crippen molar-refractivity contribution in [1.82, 2.24) is 46.4 Å². The van der Waals surface area contributed by atoms with E-state index in [0.29, 0.717) is 210 Å². The number of urea groups is 1. The summed E-state index contributed by atoms with van der Waals surface area (Å²) >= 11 is 8.54. The molecule has 9 N–H and O–H groups in total. The van der Waals surface area contributed by atoms with Crippen molar-refractivity contribution < 1.29 is 76.3 Å². The highest BCUT2D eigenvalue weighted by atomic mass is 35.5. The maximum atomic E-state index is 13.0. The summed E-state index contributed by atoms with van der Waals surface area (Å²) in [6.07, 6.45) is 10.9. The number of carbonyl (C=O) groups is 5. The van der Waals surface area contributed by atoms with E-state index >= 15 is 0 Å². The molecule has 5 atom stereocenters. The summed E-state index contributed by atoms with van der Waals surface area (Å²) in [6, 6.07) is 5.58. The van der Waals surface area contributed by atoms with E-state index in [-0.39, 0.29) is 66.4 Å². The Morgan fingerprint density at radius 1 is 0.659 bits per heavy atom. The largest absolute Gasteiger partial charge is 0.393 e. The molecule has 1 aromatic carbocycles. The minimum absolute atomic E-state index is 0.00527. The molecule has 6 amide bonds. The Kier molecular flexibility index (Phi) is 36.5. The summed E-state index contributed by atoms with van der Waals surface area (Å²) in [5.74, 6) is 2.24. The highest BCUT2D eigenvalue weighted by Gasteiger charge is 2.42. The number of aliphatic hydroxyl groups is 1. The van der Waals surface area contributed by atoms with E-state index in [4.69, 9.17) is 64.2 Å². The van der Waals surface area contributed by atoms with Gasteiger partial charge >= 0.3 is 12.0 Å². The SMILES string of the molecule is CC1C[n+]2c(nc3c(ncn3C(C)C)c2Nc2ccc(C(=O)NCCOCCOCCOCCOCCOCCOCCOCCOCCOCCNC(=O)CCCCCNC(=O)CCCCCNC(=O)CCCC[C@@H]3SC[C@@H]4NC(=O)N[C@@H]43)c(Cl)c2)N[C@@H]1CO. The number of benzene rings is 1. The lowest BCUT2D eigenvalue weighted by Gasteiger charge is -2.28. The Morgan fingerprint density at radius 3 is 1.66 bits per heavy atom. The molecule has 512 valence electrons. The maximum absolute atomic E-state index is 13.0. The second kappa shape index (κ2) is 44.4. The summed E-state index contributed by atoms with van der Waals surface area (Å²) in [4.78, 5) is 70.6. The Balaban J connectivity index is 0.603. The summed E-state index contributed by atoms with van der Waals surface area (Å²) in [7, 11) is 0. The number of nitrogens with one attached hydrogen (secondary N) is 8. The molecule has 6 rings (SSSR count). The van der Waals surface area contributed by atoms with E-state index in [0.717, 1.165) is 69.4 Å². The number of fused-ring (bicyclic) bond motifs is 3. The summed E-state index contributed by atoms with van der Waals surface area (Å²) in [6.45, 7) is 16.4. The Hall–Kier alpha value is -5.24. The van der Waals surface area contributed by atoms with Crippen molar-refractivity contribution in [3.63, 3.8) is 0 Å². The van der Waals surface area contributed by atoms with Gasteiger partial charge in [-0.1, -0.05) is 42.8 Å². The van der Waals surface area contributed by atoms with Crippen LogP contribution in [0.1, 0.15) is 114 Å². The average Bonchev–Trinajstić information content (AvgIpc) is 1.73. The van der Waals surface area contributed by atoms with Gasteiger partial charge in [0.2, 0.25) is 29.2 Å². The molecule has 2 saturated heterocycles. The van der Waals surface area contributed by atoms with E-state index in [1.54, 1.807) is 24.5 Å². The number of hydrogen-bond donors (Lipinski definition) is 9. The van der Waals surface area contributed by atoms with E-state index in [9.17, 15) is 29.1 Å². The first-order chi connectivity index (χ1) is 44.4. The fourth-order valence-electron chi connectivity index (χ4n) is 10.3. The van der Waals surface area contributed by atoms with Crippen LogP contribution in [0, 0.1) is 5.92 Å². The van der Waals surface area contributed by atoms with Crippen LogP contribution in [0.4, 0.5) is 22.2 Å². The van der Waals surface area contributed by atoms with Crippen LogP contribution >= 0.6 is 23.4 Å². The minimum atomic E-state index is -0.311. The van der Waals surface area contributed by atoms with Gasteiger partial charge in [0.05, 0.1) is 173 Å². The van der Waals surface area contributed by atoms with Crippen LogP contribution in [0.5, 0.6) is 0 Å². The van der Waals surface area contributed by atoms with Gasteiger partial charge in [-0.3, -0.25) is 29.8 Å². The van der Waals surface area contributed by atoms with Gasteiger partial charge in [-0.25, -0.2) is 14.3 Å². The lowest BCUT2D eigenvalue weighted by Crippen LogP contribution is -2.54. The highest BCUT2D eigenvalue weighted by Crippen LogP contribution is 2.34. The lowest BCUT2D eigenvalue weighted by molar-refractivity contribution is -0.681. The van der Waals surface area contributed by atoms with Crippen LogP contribution in [0.3, 0.4) is 0 Å². The zero-order valence-electron chi connectivity index (χ0n) is 53.7. The number of ether oxygens (including phenoxy) is 9. The van der Waals surface area contributed by atoms with Gasteiger partial charge in [-0.2, -0.15) is 11.8 Å². The number of rotatable bonds is 52. The number of halogens is 1. The number of carbonyl (C=O) groups excluding carboxylic acids is 5. The predicted octanol–water partition coefficient (Wildman–Crippen LogP) is 4.19. The zero-order valence-corrected chi connectivity index (χ0v) is 55.2. The first-order valence-electron chi connectivity index (χ1n) is 32.6. The molecule has 3 aliphatic heterocycles. The van der Waals surface area contributed by atoms with Crippen LogP contribution in [0.25, 0.3) is 11.2 Å². The third-order valence-electron chi connectivity index (χ3n) is 15.4. The lowest BCUT2D eigenvalue weighted by atomic mass is 10.0. The minimum Gasteiger partial charge on any atom is -0.393 e. The molecule has 91 heavy (non-hydrogen) atoms. The fourth-order valence-corrected chi connectivity index (χ4v) is 12.1.